The lowest BCUT2D eigenvalue weighted by Crippen LogP contribution is -2.05. The standard InChI is InChI=1S/C48H66O4/c1-3-5-7-9-11-13-15-17-19-21-23-25-27-29-31-33-35-37-47(49)51-44-43-45-39-41-46(42-40-45)52-48(50)38-36-34-32-30-28-26-24-22-20-18-16-14-12-10-8-6-4-2/h19-42H,3-18,43-44H2,1-2H3/b21-19+,22-20+,25-23+,26-24+,29-27+,30-28+,33-31+,34-32+,37-35+,38-36+. The topological polar surface area (TPSA) is 52.6 Å². The van der Waals surface area contributed by atoms with Gasteiger partial charge in [0.1, 0.15) is 5.75 Å². The number of hydrogen-bond donors (Lipinski definition) is 0. The first-order valence-corrected chi connectivity index (χ1v) is 19.8. The number of benzene rings is 1. The lowest BCUT2D eigenvalue weighted by atomic mass is 10.1. The predicted octanol–water partition coefficient (Wildman–Crippen LogP) is 13.5. The van der Waals surface area contributed by atoms with Gasteiger partial charge in [-0.1, -0.05) is 212 Å². The molecule has 1 aromatic rings. The van der Waals surface area contributed by atoms with Crippen molar-refractivity contribution in [3.63, 3.8) is 0 Å². The molecule has 0 unspecified atom stereocenters. The number of allylic oxidation sites excluding steroid dienone is 18. The summed E-state index contributed by atoms with van der Waals surface area (Å²) in [5, 5.41) is 0. The number of esters is 2. The molecule has 0 aliphatic carbocycles. The van der Waals surface area contributed by atoms with Crippen LogP contribution in [-0.2, 0) is 20.7 Å². The fourth-order valence-electron chi connectivity index (χ4n) is 5.02. The minimum atomic E-state index is -0.449. The van der Waals surface area contributed by atoms with E-state index in [1.807, 2.05) is 72.9 Å². The summed E-state index contributed by atoms with van der Waals surface area (Å²) in [6.07, 6.45) is 59.4. The molecule has 1 rings (SSSR count). The SMILES string of the molecule is CCCCCCCCC/C=C/C=C/C=C/C=C/C=C/C(=O)OCCc1ccc(OC(=O)/C=C/C=C/C=C/C=C/C=C/CCCCCCCCC)cc1. The van der Waals surface area contributed by atoms with Crippen LogP contribution < -0.4 is 4.74 Å². The van der Waals surface area contributed by atoms with Crippen LogP contribution in [0.15, 0.2) is 146 Å². The predicted molar refractivity (Wildman–Crippen MR) is 223 cm³/mol. The smallest absolute Gasteiger partial charge is 0.336 e. The molecule has 0 spiro atoms. The number of hydrogen-bond acceptors (Lipinski definition) is 4. The highest BCUT2D eigenvalue weighted by Crippen LogP contribution is 2.13. The molecule has 0 aliphatic heterocycles. The van der Waals surface area contributed by atoms with Gasteiger partial charge in [0.25, 0.3) is 0 Å². The molecule has 0 fully saturated rings. The minimum absolute atomic E-state index is 0.262. The molecule has 0 bridgehead atoms. The number of carbonyl (C=O) groups excluding carboxylic acids is 2. The number of unbranched alkanes of at least 4 members (excludes halogenated alkanes) is 14. The van der Waals surface area contributed by atoms with E-state index in [1.54, 1.807) is 36.4 Å². The van der Waals surface area contributed by atoms with Crippen molar-refractivity contribution in [3.05, 3.63) is 151 Å². The van der Waals surface area contributed by atoms with Crippen LogP contribution in [0.2, 0.25) is 0 Å². The third-order valence-corrected chi connectivity index (χ3v) is 8.02. The Bertz CT molecular complexity index is 1330. The molecule has 0 atom stereocenters. The van der Waals surface area contributed by atoms with E-state index in [4.69, 9.17) is 9.47 Å². The Labute approximate surface area is 316 Å². The van der Waals surface area contributed by atoms with Crippen LogP contribution in [0.25, 0.3) is 0 Å². The molecule has 4 heteroatoms. The first kappa shape index (κ1) is 45.6. The van der Waals surface area contributed by atoms with Gasteiger partial charge in [-0.15, -0.1) is 0 Å². The molecule has 4 nitrogen and oxygen atoms in total. The monoisotopic (exact) mass is 706 g/mol. The van der Waals surface area contributed by atoms with Crippen molar-refractivity contribution in [2.45, 2.75) is 123 Å². The maximum absolute atomic E-state index is 12.1. The second-order valence-corrected chi connectivity index (χ2v) is 12.7. The molecule has 0 aromatic heterocycles. The van der Waals surface area contributed by atoms with Gasteiger partial charge >= 0.3 is 11.9 Å². The summed E-state index contributed by atoms with van der Waals surface area (Å²) >= 11 is 0. The van der Waals surface area contributed by atoms with E-state index in [9.17, 15) is 9.59 Å². The Morgan fingerprint density at radius 3 is 1.31 bits per heavy atom. The van der Waals surface area contributed by atoms with Gasteiger partial charge in [-0.05, 0) is 43.4 Å². The van der Waals surface area contributed by atoms with Crippen LogP contribution in [0.1, 0.15) is 122 Å². The molecule has 0 saturated heterocycles. The highest BCUT2D eigenvalue weighted by atomic mass is 16.5. The maximum Gasteiger partial charge on any atom is 0.336 e. The first-order valence-electron chi connectivity index (χ1n) is 19.8. The molecule has 52 heavy (non-hydrogen) atoms. The van der Waals surface area contributed by atoms with Gasteiger partial charge in [-0.3, -0.25) is 0 Å². The van der Waals surface area contributed by atoms with Gasteiger partial charge in [-0.25, -0.2) is 9.59 Å². The minimum Gasteiger partial charge on any atom is -0.462 e. The third kappa shape index (κ3) is 31.5. The summed E-state index contributed by atoms with van der Waals surface area (Å²) in [5.74, 6) is -0.381. The van der Waals surface area contributed by atoms with E-state index in [0.29, 0.717) is 12.2 Å². The summed E-state index contributed by atoms with van der Waals surface area (Å²) in [6, 6.07) is 7.18. The molecule has 0 saturated carbocycles. The summed E-state index contributed by atoms with van der Waals surface area (Å²) < 4.78 is 10.6. The lowest BCUT2D eigenvalue weighted by molar-refractivity contribution is -0.137. The van der Waals surface area contributed by atoms with Crippen LogP contribution in [0.4, 0.5) is 0 Å². The molecule has 0 radical (unpaired) electrons. The average molecular weight is 707 g/mol. The first-order chi connectivity index (χ1) is 25.7. The van der Waals surface area contributed by atoms with Gasteiger partial charge in [0, 0.05) is 18.6 Å². The Kier molecular flexibility index (Phi) is 31.9. The van der Waals surface area contributed by atoms with Crippen molar-refractivity contribution in [2.24, 2.45) is 0 Å². The van der Waals surface area contributed by atoms with Crippen molar-refractivity contribution in [3.8, 4) is 5.75 Å². The molecule has 282 valence electrons. The number of rotatable bonds is 30. The van der Waals surface area contributed by atoms with Gasteiger partial charge in [-0.2, -0.15) is 0 Å². The highest BCUT2D eigenvalue weighted by molar-refractivity contribution is 5.84. The van der Waals surface area contributed by atoms with Gasteiger partial charge < -0.3 is 9.47 Å². The Balaban J connectivity index is 2.15. The van der Waals surface area contributed by atoms with Crippen molar-refractivity contribution in [1.82, 2.24) is 0 Å². The Morgan fingerprint density at radius 2 is 0.846 bits per heavy atom. The summed E-state index contributed by atoms with van der Waals surface area (Å²) in [7, 11) is 0. The van der Waals surface area contributed by atoms with Crippen LogP contribution in [0.3, 0.4) is 0 Å². The molecular weight excluding hydrogens is 641 g/mol. The fraction of sp³-hybridized carbons (Fsp3) is 0.417. The number of carbonyl (C=O) groups is 2. The zero-order chi connectivity index (χ0) is 37.4. The zero-order valence-electron chi connectivity index (χ0n) is 32.2. The second-order valence-electron chi connectivity index (χ2n) is 12.7. The summed E-state index contributed by atoms with van der Waals surface area (Å²) in [4.78, 5) is 24.1. The van der Waals surface area contributed by atoms with E-state index < -0.39 is 5.97 Å². The zero-order valence-corrected chi connectivity index (χ0v) is 32.2. The highest BCUT2D eigenvalue weighted by Gasteiger charge is 2.02. The molecule has 0 amide bonds. The van der Waals surface area contributed by atoms with Gasteiger partial charge in [0.05, 0.1) is 6.61 Å². The fourth-order valence-corrected chi connectivity index (χ4v) is 5.02. The van der Waals surface area contributed by atoms with Crippen molar-refractivity contribution < 1.29 is 19.1 Å². The summed E-state index contributed by atoms with van der Waals surface area (Å²) in [5.41, 5.74) is 0.977. The quantitative estimate of drug-likeness (QED) is 0.0263. The van der Waals surface area contributed by atoms with Gasteiger partial charge in [0.15, 0.2) is 0 Å². The average Bonchev–Trinajstić information content (AvgIpc) is 3.15. The maximum atomic E-state index is 12.1. The molecule has 0 heterocycles. The summed E-state index contributed by atoms with van der Waals surface area (Å²) in [6.45, 7) is 4.77. The Hall–Kier alpha value is -4.44. The Morgan fingerprint density at radius 1 is 0.462 bits per heavy atom. The van der Waals surface area contributed by atoms with Crippen LogP contribution in [0, 0.1) is 0 Å². The second kappa shape index (κ2) is 36.4. The van der Waals surface area contributed by atoms with Crippen molar-refractivity contribution in [2.75, 3.05) is 6.61 Å². The van der Waals surface area contributed by atoms with E-state index in [1.165, 1.54) is 102 Å². The molecule has 0 aliphatic rings. The van der Waals surface area contributed by atoms with E-state index in [0.717, 1.165) is 18.4 Å². The molecule has 0 N–H and O–H groups in total. The number of ether oxygens (including phenoxy) is 2. The van der Waals surface area contributed by atoms with Crippen LogP contribution in [0.5, 0.6) is 5.75 Å². The largest absolute Gasteiger partial charge is 0.462 e. The third-order valence-electron chi connectivity index (χ3n) is 8.02. The van der Waals surface area contributed by atoms with E-state index >= 15 is 0 Å². The normalized spacial score (nSPS) is 12.8. The molecule has 1 aromatic carbocycles. The molecular formula is C48H66O4. The van der Waals surface area contributed by atoms with Crippen molar-refractivity contribution in [1.29, 1.82) is 0 Å². The van der Waals surface area contributed by atoms with Crippen LogP contribution in [-0.4, -0.2) is 18.5 Å². The van der Waals surface area contributed by atoms with E-state index in [-0.39, 0.29) is 12.6 Å². The van der Waals surface area contributed by atoms with E-state index in [2.05, 4.69) is 38.2 Å². The van der Waals surface area contributed by atoms with Gasteiger partial charge in [0.2, 0.25) is 0 Å². The lowest BCUT2D eigenvalue weighted by Gasteiger charge is -2.05. The van der Waals surface area contributed by atoms with Crippen LogP contribution >= 0.6 is 0 Å². The van der Waals surface area contributed by atoms with Crippen molar-refractivity contribution >= 4 is 11.9 Å².